The van der Waals surface area contributed by atoms with Crippen molar-refractivity contribution in [3.05, 3.63) is 279 Å². The van der Waals surface area contributed by atoms with E-state index >= 15 is 0 Å². The summed E-state index contributed by atoms with van der Waals surface area (Å²) < 4.78 is 10.3. The molecule has 9 aromatic carbocycles. The minimum absolute atomic E-state index is 1.09. The van der Waals surface area contributed by atoms with Crippen LogP contribution >= 0.6 is 0 Å². The van der Waals surface area contributed by atoms with Crippen molar-refractivity contribution in [3.8, 4) is 67.3 Å². The molecule has 17 aromatic rings. The van der Waals surface area contributed by atoms with Crippen LogP contribution in [-0.2, 0) is 0 Å². The molecule has 8 heteroatoms. The van der Waals surface area contributed by atoms with Crippen molar-refractivity contribution in [2.24, 2.45) is 0 Å². The van der Waals surface area contributed by atoms with E-state index < -0.39 is 0 Å². The molecule has 0 unspecified atom stereocenters. The van der Waals surface area contributed by atoms with Crippen LogP contribution in [0.5, 0.6) is 0 Å². The number of pyridine rings is 4. The van der Waals surface area contributed by atoms with Gasteiger partial charge in [0.1, 0.15) is 0 Å². The van der Waals surface area contributed by atoms with E-state index in [4.69, 9.17) is 0 Å². The molecule has 0 aliphatic rings. The van der Waals surface area contributed by atoms with Gasteiger partial charge >= 0.3 is 0 Å². The maximum absolute atomic E-state index is 4.41. The number of benzene rings is 9. The van der Waals surface area contributed by atoms with Gasteiger partial charge in [-0.1, -0.05) is 97.1 Å². The molecular formula is C76H50N8. The third-order valence-corrected chi connectivity index (χ3v) is 17.5. The number of para-hydroxylation sites is 4. The summed E-state index contributed by atoms with van der Waals surface area (Å²) in [6.07, 6.45) is 15.0. The van der Waals surface area contributed by atoms with E-state index in [0.717, 1.165) is 144 Å². The summed E-state index contributed by atoms with van der Waals surface area (Å²) >= 11 is 0. The highest BCUT2D eigenvalue weighted by Gasteiger charge is 2.32. The van der Waals surface area contributed by atoms with Crippen molar-refractivity contribution < 1.29 is 0 Å². The van der Waals surface area contributed by atoms with Crippen molar-refractivity contribution in [2.75, 3.05) is 0 Å². The Balaban J connectivity index is 1.10. The largest absolute Gasteiger partial charge is 0.307 e. The van der Waals surface area contributed by atoms with Gasteiger partial charge in [0.15, 0.2) is 0 Å². The second-order valence-electron chi connectivity index (χ2n) is 21.9. The van der Waals surface area contributed by atoms with Gasteiger partial charge in [-0.25, -0.2) is 0 Å². The number of nitrogens with zero attached hydrogens (tertiary/aromatic N) is 8. The maximum Gasteiger partial charge on any atom is 0.0757 e. The van der Waals surface area contributed by atoms with E-state index in [1.807, 2.05) is 49.6 Å². The lowest BCUT2D eigenvalue weighted by Gasteiger charge is -2.29. The van der Waals surface area contributed by atoms with E-state index in [1.54, 1.807) is 0 Å². The Morgan fingerprint density at radius 3 is 0.631 bits per heavy atom. The topological polar surface area (TPSA) is 71.3 Å². The molecule has 394 valence electrons. The molecule has 0 atom stereocenters. The third-order valence-electron chi connectivity index (χ3n) is 17.5. The van der Waals surface area contributed by atoms with Crippen LogP contribution in [0.2, 0.25) is 0 Å². The Morgan fingerprint density at radius 2 is 0.405 bits per heavy atom. The quantitative estimate of drug-likeness (QED) is 0.152. The predicted molar refractivity (Wildman–Crippen MR) is 346 cm³/mol. The Morgan fingerprint density at radius 1 is 0.202 bits per heavy atom. The summed E-state index contributed by atoms with van der Waals surface area (Å²) in [6.45, 7) is 4.75. The Bertz CT molecular complexity index is 4860. The van der Waals surface area contributed by atoms with Crippen molar-refractivity contribution >= 4 is 87.2 Å². The van der Waals surface area contributed by atoms with Crippen molar-refractivity contribution in [2.45, 2.75) is 13.8 Å². The maximum atomic E-state index is 4.41. The summed E-state index contributed by atoms with van der Waals surface area (Å²) in [4.78, 5) is 17.6. The van der Waals surface area contributed by atoms with Crippen LogP contribution in [0.25, 0.3) is 154 Å². The zero-order valence-corrected chi connectivity index (χ0v) is 46.0. The second-order valence-corrected chi connectivity index (χ2v) is 21.9. The van der Waals surface area contributed by atoms with Gasteiger partial charge in [-0.3, -0.25) is 19.9 Å². The third kappa shape index (κ3) is 7.07. The fraction of sp³-hybridized carbons (Fsp3) is 0.0263. The monoisotopic (exact) mass is 1070 g/mol. The molecule has 0 bridgehead atoms. The van der Waals surface area contributed by atoms with E-state index in [9.17, 15) is 0 Å². The molecule has 8 nitrogen and oxygen atoms in total. The lowest BCUT2D eigenvalue weighted by atomic mass is 9.99. The van der Waals surface area contributed by atoms with Crippen LogP contribution in [0.4, 0.5) is 0 Å². The molecule has 17 rings (SSSR count). The minimum Gasteiger partial charge on any atom is -0.307 e. The summed E-state index contributed by atoms with van der Waals surface area (Å²) in [5.74, 6) is 0. The Hall–Kier alpha value is -11.2. The van der Waals surface area contributed by atoms with E-state index in [2.05, 4.69) is 270 Å². The number of hydrogen-bond donors (Lipinski definition) is 0. The first-order chi connectivity index (χ1) is 41.6. The molecular weight excluding hydrogens is 1020 g/mol. The zero-order valence-electron chi connectivity index (χ0n) is 46.0. The van der Waals surface area contributed by atoms with E-state index in [0.29, 0.717) is 0 Å². The molecule has 0 fully saturated rings. The molecule has 8 aromatic heterocycles. The zero-order chi connectivity index (χ0) is 55.6. The minimum atomic E-state index is 1.09. The highest BCUT2D eigenvalue weighted by atomic mass is 15.1. The van der Waals surface area contributed by atoms with Crippen LogP contribution in [0, 0.1) is 13.8 Å². The van der Waals surface area contributed by atoms with Gasteiger partial charge in [-0.05, 0) is 180 Å². The van der Waals surface area contributed by atoms with Gasteiger partial charge in [-0.2, -0.15) is 0 Å². The lowest BCUT2D eigenvalue weighted by Crippen LogP contribution is -2.16. The molecule has 0 N–H and O–H groups in total. The molecule has 84 heavy (non-hydrogen) atoms. The molecule has 0 spiro atoms. The van der Waals surface area contributed by atoms with Crippen LogP contribution in [0.15, 0.2) is 268 Å². The first kappa shape index (κ1) is 47.6. The molecule has 0 saturated carbocycles. The fourth-order valence-electron chi connectivity index (χ4n) is 13.8. The van der Waals surface area contributed by atoms with Gasteiger partial charge in [0.05, 0.1) is 66.9 Å². The normalized spacial score (nSPS) is 11.9. The average molecular weight is 1080 g/mol. The summed E-state index contributed by atoms with van der Waals surface area (Å²) in [5.41, 5.74) is 24.5. The predicted octanol–water partition coefficient (Wildman–Crippen LogP) is 18.9. The van der Waals surface area contributed by atoms with Crippen molar-refractivity contribution in [1.82, 2.24) is 38.2 Å². The van der Waals surface area contributed by atoms with Crippen LogP contribution < -0.4 is 0 Å². The highest BCUT2D eigenvalue weighted by molar-refractivity contribution is 6.17. The lowest BCUT2D eigenvalue weighted by molar-refractivity contribution is 0.999. The van der Waals surface area contributed by atoms with Gasteiger partial charge in [0.25, 0.3) is 0 Å². The van der Waals surface area contributed by atoms with Crippen molar-refractivity contribution in [3.63, 3.8) is 0 Å². The molecule has 0 saturated heterocycles. The molecule has 0 aliphatic heterocycles. The van der Waals surface area contributed by atoms with Gasteiger partial charge in [-0.15, -0.1) is 0 Å². The number of rotatable bonds is 8. The number of hydrogen-bond acceptors (Lipinski definition) is 4. The van der Waals surface area contributed by atoms with Gasteiger partial charge < -0.3 is 18.3 Å². The summed E-state index contributed by atoms with van der Waals surface area (Å²) in [5, 5.41) is 9.39. The summed E-state index contributed by atoms with van der Waals surface area (Å²) in [7, 11) is 0. The standard InChI is InChI=1S/C76H50N8/c1-47-73(81-65-15-7-3-11-57(65)58-12-4-8-16-66(58)81)75(83-69-23-19-53(49-27-35-77-36-28-49)43-61(69)62-44-54(20-24-70(62)83)50-29-37-78-38-30-50)48(2)76(74(47)82-67-17-9-5-13-59(67)60-14-6-10-18-68(60)82)84-71-25-21-55(51-31-39-79-40-32-51)45-63(71)64-46-56(22-26-72(64)84)52-33-41-80-42-34-52/h3-46H,1-2H3. The van der Waals surface area contributed by atoms with Crippen LogP contribution in [0.1, 0.15) is 11.1 Å². The molecule has 0 amide bonds. The van der Waals surface area contributed by atoms with Crippen LogP contribution in [-0.4, -0.2) is 38.2 Å². The molecule has 8 heterocycles. The average Bonchev–Trinajstić information content (AvgIpc) is 2.84. The van der Waals surface area contributed by atoms with Crippen molar-refractivity contribution in [1.29, 1.82) is 0 Å². The van der Waals surface area contributed by atoms with Crippen LogP contribution in [0.3, 0.4) is 0 Å². The Labute approximate surface area is 483 Å². The first-order valence-electron chi connectivity index (χ1n) is 28.5. The van der Waals surface area contributed by atoms with Gasteiger partial charge in [0.2, 0.25) is 0 Å². The van der Waals surface area contributed by atoms with Gasteiger partial charge in [0, 0.05) is 104 Å². The Kier molecular flexibility index (Phi) is 10.6. The van der Waals surface area contributed by atoms with E-state index in [1.165, 1.54) is 21.5 Å². The second kappa shape index (κ2) is 18.7. The fourth-order valence-corrected chi connectivity index (χ4v) is 13.8. The number of aromatic nitrogens is 8. The van der Waals surface area contributed by atoms with E-state index in [-0.39, 0.29) is 0 Å². The first-order valence-corrected chi connectivity index (χ1v) is 28.5. The SMILES string of the molecule is Cc1c(-n2c3ccccc3c3ccccc32)c(-n2c3ccc(-c4ccncc4)cc3c3cc(-c4ccncc4)ccc32)c(C)c(-n2c3ccc(-c4ccncc4)cc3c3cc(-c4ccncc4)ccc32)c1-n1c2ccccc2c2ccccc21. The summed E-state index contributed by atoms with van der Waals surface area (Å²) in [6, 6.07) is 80.5. The molecule has 0 aliphatic carbocycles. The highest BCUT2D eigenvalue weighted by Crippen LogP contribution is 2.50. The molecule has 0 radical (unpaired) electrons. The number of fused-ring (bicyclic) bond motifs is 12. The smallest absolute Gasteiger partial charge is 0.0757 e.